The molecule has 4 nitrogen and oxygen atoms in total. The summed E-state index contributed by atoms with van der Waals surface area (Å²) < 4.78 is 0. The van der Waals surface area contributed by atoms with Crippen molar-refractivity contribution < 1.29 is 9.59 Å². The van der Waals surface area contributed by atoms with Gasteiger partial charge in [-0.1, -0.05) is 0 Å². The van der Waals surface area contributed by atoms with Crippen LogP contribution in [0.1, 0.15) is 39.5 Å². The smallest absolute Gasteiger partial charge is 0.312 e. The second-order valence-electron chi connectivity index (χ2n) is 4.64. The van der Waals surface area contributed by atoms with E-state index in [-0.39, 0.29) is 12.1 Å². The molecule has 1 aliphatic heterocycles. The number of amides is 2. The van der Waals surface area contributed by atoms with Crippen molar-refractivity contribution in [3.8, 4) is 0 Å². The zero-order valence-electron chi connectivity index (χ0n) is 10.5. The maximum Gasteiger partial charge on any atom is 0.312 e. The number of likely N-dealkylation sites (tertiary alicyclic amines) is 1. The maximum absolute atomic E-state index is 12.0. The van der Waals surface area contributed by atoms with Crippen LogP contribution in [0, 0.1) is 0 Å². The van der Waals surface area contributed by atoms with Crippen molar-refractivity contribution >= 4 is 23.4 Å². The van der Waals surface area contributed by atoms with E-state index in [9.17, 15) is 9.59 Å². The number of halogens is 1. The molecule has 1 N–H and O–H groups in total. The van der Waals surface area contributed by atoms with Gasteiger partial charge in [-0.15, -0.1) is 11.6 Å². The lowest BCUT2D eigenvalue weighted by molar-refractivity contribution is -0.150. The Morgan fingerprint density at radius 2 is 1.88 bits per heavy atom. The molecule has 1 heterocycles. The number of piperidine rings is 1. The molecule has 5 heteroatoms. The van der Waals surface area contributed by atoms with Gasteiger partial charge in [-0.05, 0) is 39.5 Å². The Morgan fingerprint density at radius 3 is 2.41 bits per heavy atom. The van der Waals surface area contributed by atoms with Crippen LogP contribution in [0.15, 0.2) is 0 Å². The third kappa shape index (κ3) is 3.87. The van der Waals surface area contributed by atoms with Crippen LogP contribution in [0.5, 0.6) is 0 Å². The molecule has 0 aromatic heterocycles. The van der Waals surface area contributed by atoms with Crippen LogP contribution in [-0.4, -0.2) is 41.2 Å². The molecule has 1 rings (SSSR count). The summed E-state index contributed by atoms with van der Waals surface area (Å²) >= 11 is 5.51. The zero-order chi connectivity index (χ0) is 12.8. The van der Waals surface area contributed by atoms with Gasteiger partial charge in [-0.3, -0.25) is 9.59 Å². The number of hydrogen-bond acceptors (Lipinski definition) is 2. The molecule has 2 amide bonds. The highest BCUT2D eigenvalue weighted by atomic mass is 35.5. The largest absolute Gasteiger partial charge is 0.348 e. The minimum atomic E-state index is -0.504. The van der Waals surface area contributed by atoms with Crippen LogP contribution in [0.2, 0.25) is 0 Å². The fourth-order valence-corrected chi connectivity index (χ4v) is 2.42. The van der Waals surface area contributed by atoms with E-state index in [2.05, 4.69) is 5.32 Å². The molecule has 0 spiro atoms. The topological polar surface area (TPSA) is 49.4 Å². The van der Waals surface area contributed by atoms with Gasteiger partial charge < -0.3 is 10.2 Å². The maximum atomic E-state index is 12.0. The molecule has 0 saturated carbocycles. The van der Waals surface area contributed by atoms with Crippen LogP contribution in [0.3, 0.4) is 0 Å². The average Bonchev–Trinajstić information content (AvgIpc) is 2.28. The van der Waals surface area contributed by atoms with E-state index in [1.165, 1.54) is 0 Å². The minimum absolute atomic E-state index is 0.157. The normalized spacial score (nSPS) is 24.5. The zero-order valence-corrected chi connectivity index (χ0v) is 11.3. The second kappa shape index (κ2) is 6.84. The van der Waals surface area contributed by atoms with Gasteiger partial charge in [0.1, 0.15) is 0 Å². The molecular weight excluding hydrogens is 240 g/mol. The Kier molecular flexibility index (Phi) is 5.75. The van der Waals surface area contributed by atoms with Crippen molar-refractivity contribution in [3.63, 3.8) is 0 Å². The molecule has 98 valence electrons. The van der Waals surface area contributed by atoms with Gasteiger partial charge in [-0.2, -0.15) is 0 Å². The summed E-state index contributed by atoms with van der Waals surface area (Å²) in [6.45, 7) is 4.46. The first-order valence-electron chi connectivity index (χ1n) is 6.24. The highest BCUT2D eigenvalue weighted by Gasteiger charge is 2.32. The molecular formula is C12H21ClN2O2. The minimum Gasteiger partial charge on any atom is -0.348 e. The summed E-state index contributed by atoms with van der Waals surface area (Å²) in [7, 11) is 0. The lowest BCUT2D eigenvalue weighted by Crippen LogP contribution is -2.53. The van der Waals surface area contributed by atoms with Crippen molar-refractivity contribution in [1.29, 1.82) is 0 Å². The molecule has 2 unspecified atom stereocenters. The standard InChI is InChI=1S/C12H21ClN2O2/c1-9-5-3-6-10(2)15(9)12(17)11(16)14-8-4-7-13/h9-10H,3-8H2,1-2H3,(H,14,16). The van der Waals surface area contributed by atoms with Crippen LogP contribution < -0.4 is 5.32 Å². The summed E-state index contributed by atoms with van der Waals surface area (Å²) in [5, 5.41) is 2.61. The van der Waals surface area contributed by atoms with Crippen molar-refractivity contribution in [2.45, 2.75) is 51.6 Å². The first kappa shape index (κ1) is 14.3. The Balaban J connectivity index is 2.51. The van der Waals surface area contributed by atoms with Crippen LogP contribution in [-0.2, 0) is 9.59 Å². The molecule has 0 bridgehead atoms. The summed E-state index contributed by atoms with van der Waals surface area (Å²) in [6, 6.07) is 0.315. The Morgan fingerprint density at radius 1 is 1.29 bits per heavy atom. The first-order chi connectivity index (χ1) is 8.07. The molecule has 1 aliphatic rings. The summed E-state index contributed by atoms with van der Waals surface area (Å²) in [6.07, 6.45) is 3.77. The number of alkyl halides is 1. The average molecular weight is 261 g/mol. The third-order valence-electron chi connectivity index (χ3n) is 3.22. The lowest BCUT2D eigenvalue weighted by Gasteiger charge is -2.38. The van der Waals surface area contributed by atoms with E-state index in [0.717, 1.165) is 19.3 Å². The van der Waals surface area contributed by atoms with Crippen LogP contribution in [0.4, 0.5) is 0 Å². The van der Waals surface area contributed by atoms with E-state index in [1.807, 2.05) is 13.8 Å². The van der Waals surface area contributed by atoms with E-state index in [4.69, 9.17) is 11.6 Å². The Hall–Kier alpha value is -0.770. The molecule has 1 fully saturated rings. The predicted molar refractivity (Wildman–Crippen MR) is 68.0 cm³/mol. The first-order valence-corrected chi connectivity index (χ1v) is 6.77. The number of nitrogens with one attached hydrogen (secondary N) is 1. The summed E-state index contributed by atoms with van der Waals surface area (Å²) in [4.78, 5) is 25.4. The lowest BCUT2D eigenvalue weighted by atomic mass is 9.97. The number of rotatable bonds is 3. The molecule has 0 aromatic rings. The van der Waals surface area contributed by atoms with Gasteiger partial charge in [-0.25, -0.2) is 0 Å². The number of nitrogens with zero attached hydrogens (tertiary/aromatic N) is 1. The van der Waals surface area contributed by atoms with Gasteiger partial charge in [0.2, 0.25) is 0 Å². The van der Waals surface area contributed by atoms with Crippen LogP contribution >= 0.6 is 11.6 Å². The monoisotopic (exact) mass is 260 g/mol. The fraction of sp³-hybridized carbons (Fsp3) is 0.833. The van der Waals surface area contributed by atoms with Gasteiger partial charge >= 0.3 is 11.8 Å². The Labute approximate surface area is 108 Å². The number of carbonyl (C=O) groups excluding carboxylic acids is 2. The number of carbonyl (C=O) groups is 2. The number of hydrogen-bond donors (Lipinski definition) is 1. The Bertz CT molecular complexity index is 274. The molecule has 0 radical (unpaired) electrons. The van der Waals surface area contributed by atoms with Gasteiger partial charge in [0, 0.05) is 24.5 Å². The molecule has 1 saturated heterocycles. The van der Waals surface area contributed by atoms with Crippen LogP contribution in [0.25, 0.3) is 0 Å². The molecule has 0 aliphatic carbocycles. The molecule has 0 aromatic carbocycles. The highest BCUT2D eigenvalue weighted by molar-refractivity contribution is 6.35. The summed E-state index contributed by atoms with van der Waals surface area (Å²) in [5.74, 6) is -0.416. The second-order valence-corrected chi connectivity index (χ2v) is 5.02. The third-order valence-corrected chi connectivity index (χ3v) is 3.49. The van der Waals surface area contributed by atoms with E-state index in [1.54, 1.807) is 4.90 Å². The molecule has 2 atom stereocenters. The van der Waals surface area contributed by atoms with E-state index < -0.39 is 11.8 Å². The van der Waals surface area contributed by atoms with Crippen molar-refractivity contribution in [3.05, 3.63) is 0 Å². The van der Waals surface area contributed by atoms with Crippen molar-refractivity contribution in [2.24, 2.45) is 0 Å². The van der Waals surface area contributed by atoms with Gasteiger partial charge in [0.05, 0.1) is 0 Å². The van der Waals surface area contributed by atoms with Gasteiger partial charge in [0.25, 0.3) is 0 Å². The highest BCUT2D eigenvalue weighted by Crippen LogP contribution is 2.22. The molecule has 17 heavy (non-hydrogen) atoms. The van der Waals surface area contributed by atoms with Crippen molar-refractivity contribution in [1.82, 2.24) is 10.2 Å². The predicted octanol–water partition coefficient (Wildman–Crippen LogP) is 1.52. The quantitative estimate of drug-likeness (QED) is 0.475. The SMILES string of the molecule is CC1CCCC(C)N1C(=O)C(=O)NCCCCl. The fourth-order valence-electron chi connectivity index (χ4n) is 2.28. The van der Waals surface area contributed by atoms with E-state index >= 15 is 0 Å². The summed E-state index contributed by atoms with van der Waals surface area (Å²) in [5.41, 5.74) is 0. The van der Waals surface area contributed by atoms with E-state index in [0.29, 0.717) is 18.8 Å². The van der Waals surface area contributed by atoms with Gasteiger partial charge in [0.15, 0.2) is 0 Å². The van der Waals surface area contributed by atoms with Crippen molar-refractivity contribution in [2.75, 3.05) is 12.4 Å².